The van der Waals surface area contributed by atoms with Crippen LogP contribution in [-0.4, -0.2) is 32.5 Å². The lowest BCUT2D eigenvalue weighted by atomic mass is 10.2. The van der Waals surface area contributed by atoms with Crippen LogP contribution in [-0.2, 0) is 10.0 Å². The van der Waals surface area contributed by atoms with Crippen molar-refractivity contribution in [3.63, 3.8) is 0 Å². The molecule has 0 amide bonds. The molecule has 0 spiro atoms. The molecule has 20 heavy (non-hydrogen) atoms. The summed E-state index contributed by atoms with van der Waals surface area (Å²) in [6.07, 6.45) is 0. The van der Waals surface area contributed by atoms with Gasteiger partial charge in [0.2, 0.25) is 10.0 Å². The van der Waals surface area contributed by atoms with E-state index in [2.05, 4.69) is 10.0 Å². The standard InChI is InChI=1S/C12H15N3O4S/c1-7-2-3-8(4-11(7)15(16)17)20(18,19)14-12-9-5-13-6-10(9)12/h2-4,9-10,12-14H,5-6H2,1H3. The molecule has 7 nitrogen and oxygen atoms in total. The zero-order valence-corrected chi connectivity index (χ0v) is 11.7. The molecule has 0 aromatic heterocycles. The second-order valence-electron chi connectivity index (χ2n) is 5.34. The Morgan fingerprint density at radius 3 is 2.60 bits per heavy atom. The molecule has 1 saturated heterocycles. The van der Waals surface area contributed by atoms with E-state index in [4.69, 9.17) is 0 Å². The summed E-state index contributed by atoms with van der Waals surface area (Å²) in [5, 5.41) is 14.1. The molecule has 3 rings (SSSR count). The number of piperidine rings is 1. The van der Waals surface area contributed by atoms with Gasteiger partial charge in [-0.25, -0.2) is 13.1 Å². The van der Waals surface area contributed by atoms with E-state index in [-0.39, 0.29) is 16.6 Å². The first-order valence-electron chi connectivity index (χ1n) is 6.38. The summed E-state index contributed by atoms with van der Waals surface area (Å²) in [6, 6.07) is 3.94. The van der Waals surface area contributed by atoms with Crippen LogP contribution in [0.3, 0.4) is 0 Å². The highest BCUT2D eigenvalue weighted by molar-refractivity contribution is 7.89. The van der Waals surface area contributed by atoms with E-state index in [0.717, 1.165) is 19.2 Å². The number of sulfonamides is 1. The van der Waals surface area contributed by atoms with Gasteiger partial charge in [0, 0.05) is 17.7 Å². The Hall–Kier alpha value is -1.51. The van der Waals surface area contributed by atoms with E-state index >= 15 is 0 Å². The first-order chi connectivity index (χ1) is 9.40. The molecule has 2 atom stereocenters. The minimum Gasteiger partial charge on any atom is -0.316 e. The van der Waals surface area contributed by atoms with Gasteiger partial charge in [-0.05, 0) is 37.9 Å². The van der Waals surface area contributed by atoms with Crippen molar-refractivity contribution >= 4 is 15.7 Å². The molecule has 8 heteroatoms. The van der Waals surface area contributed by atoms with Crippen LogP contribution in [0.25, 0.3) is 0 Å². The molecule has 2 N–H and O–H groups in total. The third-order valence-corrected chi connectivity index (χ3v) is 5.53. The van der Waals surface area contributed by atoms with Crippen LogP contribution >= 0.6 is 0 Å². The molecule has 1 heterocycles. The van der Waals surface area contributed by atoms with Crippen LogP contribution in [0.15, 0.2) is 23.1 Å². The number of aryl methyl sites for hydroxylation is 1. The van der Waals surface area contributed by atoms with E-state index in [0.29, 0.717) is 17.4 Å². The smallest absolute Gasteiger partial charge is 0.273 e. The zero-order valence-electron chi connectivity index (χ0n) is 10.9. The topological polar surface area (TPSA) is 101 Å². The predicted molar refractivity (Wildman–Crippen MR) is 71.8 cm³/mol. The lowest BCUT2D eigenvalue weighted by molar-refractivity contribution is -0.385. The first-order valence-corrected chi connectivity index (χ1v) is 7.86. The molecular formula is C12H15N3O4S. The van der Waals surface area contributed by atoms with Crippen molar-refractivity contribution < 1.29 is 13.3 Å². The van der Waals surface area contributed by atoms with Crippen LogP contribution in [0.4, 0.5) is 5.69 Å². The monoisotopic (exact) mass is 297 g/mol. The number of benzene rings is 1. The van der Waals surface area contributed by atoms with E-state index < -0.39 is 14.9 Å². The number of hydrogen-bond acceptors (Lipinski definition) is 5. The van der Waals surface area contributed by atoms with Crippen molar-refractivity contribution in [2.24, 2.45) is 11.8 Å². The van der Waals surface area contributed by atoms with Gasteiger partial charge in [0.15, 0.2) is 0 Å². The number of nitrogens with one attached hydrogen (secondary N) is 2. The van der Waals surface area contributed by atoms with Crippen LogP contribution in [0.2, 0.25) is 0 Å². The van der Waals surface area contributed by atoms with Crippen molar-refractivity contribution in [2.45, 2.75) is 17.9 Å². The molecule has 1 aromatic rings. The molecule has 108 valence electrons. The van der Waals surface area contributed by atoms with Gasteiger partial charge < -0.3 is 5.32 Å². The first kappa shape index (κ1) is 13.5. The SMILES string of the molecule is Cc1ccc(S(=O)(=O)NC2C3CNCC32)cc1[N+](=O)[O-]. The van der Waals surface area contributed by atoms with Gasteiger partial charge >= 0.3 is 0 Å². The minimum absolute atomic E-state index is 0.0402. The zero-order chi connectivity index (χ0) is 14.5. The fourth-order valence-corrected chi connectivity index (χ4v) is 4.15. The minimum atomic E-state index is -3.69. The maximum absolute atomic E-state index is 12.2. The van der Waals surface area contributed by atoms with Crippen molar-refractivity contribution in [1.29, 1.82) is 0 Å². The van der Waals surface area contributed by atoms with Gasteiger partial charge in [-0.2, -0.15) is 0 Å². The Morgan fingerprint density at radius 1 is 1.35 bits per heavy atom. The van der Waals surface area contributed by atoms with Gasteiger partial charge in [-0.3, -0.25) is 10.1 Å². The maximum Gasteiger partial charge on any atom is 0.273 e. The quantitative estimate of drug-likeness (QED) is 0.619. The maximum atomic E-state index is 12.2. The summed E-state index contributed by atoms with van der Waals surface area (Å²) in [5.41, 5.74) is 0.270. The number of nitro benzene ring substituents is 1. The summed E-state index contributed by atoms with van der Waals surface area (Å²) in [6.45, 7) is 3.23. The largest absolute Gasteiger partial charge is 0.316 e. The van der Waals surface area contributed by atoms with Gasteiger partial charge in [0.05, 0.1) is 9.82 Å². The molecule has 2 aliphatic rings. The Labute approximate surface area is 116 Å². The van der Waals surface area contributed by atoms with Gasteiger partial charge in [0.1, 0.15) is 0 Å². The molecule has 1 aliphatic heterocycles. The molecule has 1 aliphatic carbocycles. The molecule has 0 bridgehead atoms. The van der Waals surface area contributed by atoms with E-state index in [1.165, 1.54) is 12.1 Å². The molecule has 2 fully saturated rings. The second-order valence-corrected chi connectivity index (χ2v) is 7.05. The fraction of sp³-hybridized carbons (Fsp3) is 0.500. The van der Waals surface area contributed by atoms with Crippen molar-refractivity contribution in [1.82, 2.24) is 10.0 Å². The highest BCUT2D eigenvalue weighted by Gasteiger charge is 2.54. The Bertz CT molecular complexity index is 663. The number of fused-ring (bicyclic) bond motifs is 1. The molecule has 2 unspecified atom stereocenters. The van der Waals surface area contributed by atoms with E-state index in [1.54, 1.807) is 6.92 Å². The average Bonchev–Trinajstić information content (AvgIpc) is 2.83. The van der Waals surface area contributed by atoms with E-state index in [9.17, 15) is 18.5 Å². The third-order valence-electron chi connectivity index (χ3n) is 4.07. The Morgan fingerprint density at radius 2 is 2.00 bits per heavy atom. The van der Waals surface area contributed by atoms with Crippen LogP contribution in [0, 0.1) is 28.9 Å². The number of hydrogen-bond donors (Lipinski definition) is 2. The van der Waals surface area contributed by atoms with Gasteiger partial charge in [-0.1, -0.05) is 6.07 Å². The highest BCUT2D eigenvalue weighted by Crippen LogP contribution is 2.42. The average molecular weight is 297 g/mol. The fourth-order valence-electron chi connectivity index (χ4n) is 2.79. The van der Waals surface area contributed by atoms with Crippen molar-refractivity contribution in [3.8, 4) is 0 Å². The lowest BCUT2D eigenvalue weighted by Crippen LogP contribution is -2.32. The summed E-state index contributed by atoms with van der Waals surface area (Å²) >= 11 is 0. The predicted octanol–water partition coefficient (Wildman–Crippen LogP) is 0.399. The van der Waals surface area contributed by atoms with Crippen molar-refractivity contribution in [2.75, 3.05) is 13.1 Å². The second kappa shape index (κ2) is 4.51. The highest BCUT2D eigenvalue weighted by atomic mass is 32.2. The number of rotatable bonds is 4. The number of nitrogens with zero attached hydrogens (tertiary/aromatic N) is 1. The van der Waals surface area contributed by atoms with Gasteiger partial charge in [0.25, 0.3) is 5.69 Å². The van der Waals surface area contributed by atoms with Crippen LogP contribution in [0.5, 0.6) is 0 Å². The van der Waals surface area contributed by atoms with E-state index in [1.807, 2.05) is 0 Å². The molecule has 1 saturated carbocycles. The Kier molecular flexibility index (Phi) is 3.03. The summed E-state index contributed by atoms with van der Waals surface area (Å²) in [5.74, 6) is 0.704. The van der Waals surface area contributed by atoms with Crippen LogP contribution < -0.4 is 10.0 Å². The molecule has 0 radical (unpaired) electrons. The number of nitro groups is 1. The summed E-state index contributed by atoms with van der Waals surface area (Å²) in [7, 11) is -3.69. The third kappa shape index (κ3) is 2.19. The van der Waals surface area contributed by atoms with Crippen molar-refractivity contribution in [3.05, 3.63) is 33.9 Å². The molecule has 1 aromatic carbocycles. The van der Waals surface area contributed by atoms with Gasteiger partial charge in [-0.15, -0.1) is 0 Å². The van der Waals surface area contributed by atoms with Crippen LogP contribution in [0.1, 0.15) is 5.56 Å². The Balaban J connectivity index is 1.84. The summed E-state index contributed by atoms with van der Waals surface area (Å²) in [4.78, 5) is 10.3. The summed E-state index contributed by atoms with van der Waals surface area (Å²) < 4.78 is 27.1. The molecular weight excluding hydrogens is 282 g/mol. The normalized spacial score (nSPS) is 28.1. The lowest BCUT2D eigenvalue weighted by Gasteiger charge is -2.09.